The minimum Gasteiger partial charge on any atom is -0.298 e. The lowest BCUT2D eigenvalue weighted by atomic mass is 9.96. The van der Waals surface area contributed by atoms with E-state index in [9.17, 15) is 4.79 Å². The summed E-state index contributed by atoms with van der Waals surface area (Å²) in [6, 6.07) is 3.49. The second-order valence-corrected chi connectivity index (χ2v) is 4.58. The van der Waals surface area contributed by atoms with E-state index in [1.807, 2.05) is 10.6 Å². The van der Waals surface area contributed by atoms with Gasteiger partial charge >= 0.3 is 0 Å². The Bertz CT molecular complexity index is 508. The van der Waals surface area contributed by atoms with E-state index in [2.05, 4.69) is 31.0 Å². The molecule has 0 spiro atoms. The van der Waals surface area contributed by atoms with E-state index in [1.165, 1.54) is 0 Å². The largest absolute Gasteiger partial charge is 0.298 e. The van der Waals surface area contributed by atoms with Gasteiger partial charge in [-0.25, -0.2) is 0 Å². The van der Waals surface area contributed by atoms with Gasteiger partial charge in [0.2, 0.25) is 0 Å². The van der Waals surface area contributed by atoms with Gasteiger partial charge in [-0.2, -0.15) is 0 Å². The number of aldehydes is 1. The van der Waals surface area contributed by atoms with Crippen LogP contribution in [0.15, 0.2) is 18.3 Å². The molecule has 0 fully saturated rings. The lowest BCUT2D eigenvalue weighted by Crippen LogP contribution is -2.15. The van der Waals surface area contributed by atoms with Crippen molar-refractivity contribution < 1.29 is 4.79 Å². The number of fused-ring (bicyclic) bond motifs is 1. The summed E-state index contributed by atoms with van der Waals surface area (Å²) in [6.45, 7) is 6.24. The summed E-state index contributed by atoms with van der Waals surface area (Å²) in [6.07, 6.45) is 2.64. The molecule has 0 atom stereocenters. The van der Waals surface area contributed by atoms with Crippen LogP contribution in [0.1, 0.15) is 37.0 Å². The fourth-order valence-corrected chi connectivity index (χ4v) is 1.49. The van der Waals surface area contributed by atoms with E-state index in [4.69, 9.17) is 0 Å². The van der Waals surface area contributed by atoms with Crippen molar-refractivity contribution in [1.82, 2.24) is 14.6 Å². The van der Waals surface area contributed by atoms with Crippen LogP contribution in [0.2, 0.25) is 0 Å². The van der Waals surface area contributed by atoms with Gasteiger partial charge in [0.25, 0.3) is 0 Å². The number of carbonyl (C=O) groups is 1. The molecule has 0 amide bonds. The summed E-state index contributed by atoms with van der Waals surface area (Å²) in [4.78, 5) is 10.6. The Hall–Kier alpha value is -1.71. The number of rotatable bonds is 1. The van der Waals surface area contributed by atoms with Gasteiger partial charge in [-0.1, -0.05) is 20.8 Å². The molecule has 15 heavy (non-hydrogen) atoms. The topological polar surface area (TPSA) is 47.3 Å². The molecule has 0 bridgehead atoms. The maximum atomic E-state index is 10.6. The van der Waals surface area contributed by atoms with E-state index >= 15 is 0 Å². The molecule has 2 heterocycles. The fourth-order valence-electron chi connectivity index (χ4n) is 1.49. The number of aromatic nitrogens is 3. The third-order valence-electron chi connectivity index (χ3n) is 2.24. The van der Waals surface area contributed by atoms with E-state index in [0.29, 0.717) is 11.2 Å². The summed E-state index contributed by atoms with van der Waals surface area (Å²) in [5, 5.41) is 8.19. The van der Waals surface area contributed by atoms with Crippen molar-refractivity contribution >= 4 is 11.9 Å². The zero-order valence-electron chi connectivity index (χ0n) is 9.06. The van der Waals surface area contributed by atoms with Crippen LogP contribution in [0.3, 0.4) is 0 Å². The van der Waals surface area contributed by atoms with Crippen LogP contribution in [0.4, 0.5) is 0 Å². The minimum atomic E-state index is -0.0535. The number of hydrogen-bond acceptors (Lipinski definition) is 3. The molecule has 0 aliphatic carbocycles. The summed E-state index contributed by atoms with van der Waals surface area (Å²) < 4.78 is 1.91. The van der Waals surface area contributed by atoms with Gasteiger partial charge in [0.05, 0.1) is 0 Å². The molecule has 2 aromatic heterocycles. The standard InChI is InChI=1S/C11H13N3O/c1-11(2,3)10-13-12-9-6-8(7-15)4-5-14(9)10/h4-7H,1-3H3. The van der Waals surface area contributed by atoms with Crippen molar-refractivity contribution in [2.75, 3.05) is 0 Å². The minimum absolute atomic E-state index is 0.0535. The van der Waals surface area contributed by atoms with Crippen LogP contribution in [0.5, 0.6) is 0 Å². The van der Waals surface area contributed by atoms with Crippen molar-refractivity contribution in [3.8, 4) is 0 Å². The second kappa shape index (κ2) is 3.15. The van der Waals surface area contributed by atoms with Gasteiger partial charge in [-0.05, 0) is 12.1 Å². The predicted octanol–water partition coefficient (Wildman–Crippen LogP) is 1.84. The molecule has 0 aliphatic rings. The molecular formula is C11H13N3O. The Morgan fingerprint density at radius 2 is 2.07 bits per heavy atom. The normalized spacial score (nSPS) is 11.9. The van der Waals surface area contributed by atoms with Gasteiger partial charge in [-0.15, -0.1) is 10.2 Å². The third-order valence-corrected chi connectivity index (χ3v) is 2.24. The maximum Gasteiger partial charge on any atom is 0.161 e. The summed E-state index contributed by atoms with van der Waals surface area (Å²) in [5.41, 5.74) is 1.28. The van der Waals surface area contributed by atoms with Crippen molar-refractivity contribution in [3.63, 3.8) is 0 Å². The molecular weight excluding hydrogens is 190 g/mol. The predicted molar refractivity (Wildman–Crippen MR) is 57.1 cm³/mol. The first-order chi connectivity index (χ1) is 7.02. The average molecular weight is 203 g/mol. The lowest BCUT2D eigenvalue weighted by molar-refractivity contribution is 0.112. The Morgan fingerprint density at radius 3 is 2.67 bits per heavy atom. The second-order valence-electron chi connectivity index (χ2n) is 4.58. The summed E-state index contributed by atoms with van der Waals surface area (Å²) in [5.74, 6) is 0.898. The summed E-state index contributed by atoms with van der Waals surface area (Å²) in [7, 11) is 0. The molecule has 0 aliphatic heterocycles. The Kier molecular flexibility index (Phi) is 2.07. The quantitative estimate of drug-likeness (QED) is 0.664. The van der Waals surface area contributed by atoms with Crippen molar-refractivity contribution in [2.45, 2.75) is 26.2 Å². The number of pyridine rings is 1. The Labute approximate surface area is 87.9 Å². The number of hydrogen-bond donors (Lipinski definition) is 0. The molecule has 0 radical (unpaired) electrons. The van der Waals surface area contributed by atoms with Gasteiger partial charge < -0.3 is 0 Å². The number of carbonyl (C=O) groups excluding carboxylic acids is 1. The van der Waals surface area contributed by atoms with Gasteiger partial charge in [0.15, 0.2) is 5.65 Å². The first kappa shape index (κ1) is 9.83. The first-order valence-electron chi connectivity index (χ1n) is 4.83. The third kappa shape index (κ3) is 1.63. The highest BCUT2D eigenvalue weighted by Crippen LogP contribution is 2.20. The molecule has 0 N–H and O–H groups in total. The molecule has 4 nitrogen and oxygen atoms in total. The molecule has 0 aromatic carbocycles. The first-order valence-corrected chi connectivity index (χ1v) is 4.83. The van der Waals surface area contributed by atoms with Crippen LogP contribution in [-0.2, 0) is 5.41 Å². The van der Waals surface area contributed by atoms with E-state index in [1.54, 1.807) is 12.1 Å². The van der Waals surface area contributed by atoms with Gasteiger partial charge in [0, 0.05) is 17.2 Å². The molecule has 4 heteroatoms. The van der Waals surface area contributed by atoms with Crippen molar-refractivity contribution in [1.29, 1.82) is 0 Å². The average Bonchev–Trinajstić information content (AvgIpc) is 2.59. The molecule has 0 unspecified atom stereocenters. The molecule has 2 rings (SSSR count). The van der Waals surface area contributed by atoms with Crippen LogP contribution in [-0.4, -0.2) is 20.9 Å². The van der Waals surface area contributed by atoms with Crippen LogP contribution >= 0.6 is 0 Å². The van der Waals surface area contributed by atoms with E-state index in [0.717, 1.165) is 12.1 Å². The highest BCUT2D eigenvalue weighted by atomic mass is 16.1. The summed E-state index contributed by atoms with van der Waals surface area (Å²) >= 11 is 0. The smallest absolute Gasteiger partial charge is 0.161 e. The molecule has 0 saturated heterocycles. The molecule has 2 aromatic rings. The van der Waals surface area contributed by atoms with Crippen LogP contribution < -0.4 is 0 Å². The fraction of sp³-hybridized carbons (Fsp3) is 0.364. The van der Waals surface area contributed by atoms with Crippen LogP contribution in [0.25, 0.3) is 5.65 Å². The van der Waals surface area contributed by atoms with Crippen molar-refractivity contribution in [2.24, 2.45) is 0 Å². The van der Waals surface area contributed by atoms with Crippen molar-refractivity contribution in [3.05, 3.63) is 29.7 Å². The molecule has 78 valence electrons. The van der Waals surface area contributed by atoms with Gasteiger partial charge in [0.1, 0.15) is 12.1 Å². The number of nitrogens with zero attached hydrogens (tertiary/aromatic N) is 3. The zero-order valence-corrected chi connectivity index (χ0v) is 9.06. The SMILES string of the molecule is CC(C)(C)c1nnc2cc(C=O)ccn12. The highest BCUT2D eigenvalue weighted by molar-refractivity contribution is 5.76. The molecule has 0 saturated carbocycles. The lowest BCUT2D eigenvalue weighted by Gasteiger charge is -2.15. The highest BCUT2D eigenvalue weighted by Gasteiger charge is 2.20. The van der Waals surface area contributed by atoms with E-state index in [-0.39, 0.29) is 5.41 Å². The zero-order chi connectivity index (χ0) is 11.1. The Morgan fingerprint density at radius 1 is 1.33 bits per heavy atom. The Balaban J connectivity index is 2.67. The maximum absolute atomic E-state index is 10.6. The monoisotopic (exact) mass is 203 g/mol. The van der Waals surface area contributed by atoms with Crippen LogP contribution in [0, 0.1) is 0 Å². The van der Waals surface area contributed by atoms with Gasteiger partial charge in [-0.3, -0.25) is 9.20 Å². The van der Waals surface area contributed by atoms with E-state index < -0.39 is 0 Å².